The van der Waals surface area contributed by atoms with Gasteiger partial charge < -0.3 is 11.1 Å². The molecule has 23 heavy (non-hydrogen) atoms. The molecule has 0 bridgehead atoms. The number of nitro groups is 1. The molecular weight excluding hydrogens is 302 g/mol. The Kier molecular flexibility index (Phi) is 4.39. The number of carbonyl (C=O) groups excluding carboxylic acids is 2. The Balaban J connectivity index is 2.29. The Morgan fingerprint density at radius 2 is 2.13 bits per heavy atom. The normalized spacial score (nSPS) is 10.3. The van der Waals surface area contributed by atoms with Crippen molar-refractivity contribution in [2.24, 2.45) is 5.73 Å². The van der Waals surface area contributed by atoms with Gasteiger partial charge in [0, 0.05) is 29.9 Å². The first kappa shape index (κ1) is 16.1. The lowest BCUT2D eigenvalue weighted by molar-refractivity contribution is -0.385. The van der Waals surface area contributed by atoms with Crippen molar-refractivity contribution in [2.75, 3.05) is 5.32 Å². The van der Waals surface area contributed by atoms with Crippen LogP contribution in [0.5, 0.6) is 0 Å². The minimum atomic E-state index is -0.757. The van der Waals surface area contributed by atoms with E-state index in [9.17, 15) is 19.7 Å². The number of carbonyl (C=O) groups is 2. The van der Waals surface area contributed by atoms with Crippen molar-refractivity contribution in [1.82, 2.24) is 9.78 Å². The molecule has 0 spiro atoms. The van der Waals surface area contributed by atoms with Gasteiger partial charge in [-0.05, 0) is 26.0 Å². The smallest absolute Gasteiger partial charge is 0.272 e. The number of hydrogen-bond acceptors (Lipinski definition) is 5. The summed E-state index contributed by atoms with van der Waals surface area (Å²) in [5.41, 5.74) is 5.91. The first-order valence-electron chi connectivity index (χ1n) is 6.77. The summed E-state index contributed by atoms with van der Waals surface area (Å²) in [4.78, 5) is 33.9. The second kappa shape index (κ2) is 6.26. The highest BCUT2D eigenvalue weighted by Gasteiger charge is 2.18. The molecule has 0 aliphatic heterocycles. The van der Waals surface area contributed by atoms with Crippen LogP contribution in [-0.2, 0) is 6.54 Å². The average molecular weight is 317 g/mol. The van der Waals surface area contributed by atoms with E-state index in [4.69, 9.17) is 5.73 Å². The van der Waals surface area contributed by atoms with Gasteiger partial charge in [-0.2, -0.15) is 5.10 Å². The van der Waals surface area contributed by atoms with E-state index in [-0.39, 0.29) is 22.6 Å². The fourth-order valence-corrected chi connectivity index (χ4v) is 2.05. The number of nitrogens with two attached hydrogens (primary N) is 1. The Morgan fingerprint density at radius 1 is 1.43 bits per heavy atom. The first-order valence-corrected chi connectivity index (χ1v) is 6.77. The summed E-state index contributed by atoms with van der Waals surface area (Å²) in [5.74, 6) is -1.27. The largest absolute Gasteiger partial charge is 0.364 e. The van der Waals surface area contributed by atoms with Crippen LogP contribution in [-0.4, -0.2) is 26.5 Å². The van der Waals surface area contributed by atoms with Crippen molar-refractivity contribution < 1.29 is 14.5 Å². The van der Waals surface area contributed by atoms with Gasteiger partial charge in [0.05, 0.1) is 10.6 Å². The molecular formula is C14H15N5O4. The summed E-state index contributed by atoms with van der Waals surface area (Å²) < 4.78 is 1.47. The topological polar surface area (TPSA) is 133 Å². The first-order chi connectivity index (χ1) is 10.8. The Morgan fingerprint density at radius 3 is 2.65 bits per heavy atom. The van der Waals surface area contributed by atoms with Crippen LogP contribution >= 0.6 is 0 Å². The summed E-state index contributed by atoms with van der Waals surface area (Å²) >= 11 is 0. The van der Waals surface area contributed by atoms with Crippen molar-refractivity contribution in [3.05, 3.63) is 51.3 Å². The summed E-state index contributed by atoms with van der Waals surface area (Å²) in [6, 6.07) is 4.00. The van der Waals surface area contributed by atoms with E-state index in [0.717, 1.165) is 0 Å². The van der Waals surface area contributed by atoms with Gasteiger partial charge in [-0.15, -0.1) is 0 Å². The minimum absolute atomic E-state index is 0.0427. The monoisotopic (exact) mass is 317 g/mol. The molecule has 2 aromatic rings. The van der Waals surface area contributed by atoms with E-state index in [0.29, 0.717) is 12.1 Å². The van der Waals surface area contributed by atoms with Gasteiger partial charge in [0.1, 0.15) is 0 Å². The third kappa shape index (κ3) is 3.34. The Hall–Kier alpha value is -3.23. The molecule has 1 aromatic carbocycles. The van der Waals surface area contributed by atoms with E-state index < -0.39 is 16.7 Å². The molecule has 9 nitrogen and oxygen atoms in total. The lowest BCUT2D eigenvalue weighted by Crippen LogP contribution is -2.18. The summed E-state index contributed by atoms with van der Waals surface area (Å²) in [7, 11) is 0. The summed E-state index contributed by atoms with van der Waals surface area (Å²) in [6.07, 6.45) is 1.50. The van der Waals surface area contributed by atoms with Gasteiger partial charge in [0.2, 0.25) is 0 Å². The third-order valence-electron chi connectivity index (χ3n) is 3.22. The van der Waals surface area contributed by atoms with Gasteiger partial charge in [0.25, 0.3) is 17.5 Å². The fraction of sp³-hybridized carbons (Fsp3) is 0.214. The van der Waals surface area contributed by atoms with Crippen LogP contribution < -0.4 is 11.1 Å². The Labute approximate surface area is 131 Å². The highest BCUT2D eigenvalue weighted by molar-refractivity contribution is 6.08. The van der Waals surface area contributed by atoms with Crippen molar-refractivity contribution in [1.29, 1.82) is 0 Å². The fourth-order valence-electron chi connectivity index (χ4n) is 2.05. The Bertz CT molecular complexity index is 796. The molecule has 120 valence electrons. The van der Waals surface area contributed by atoms with Gasteiger partial charge >= 0.3 is 0 Å². The van der Waals surface area contributed by atoms with Gasteiger partial charge in [-0.1, -0.05) is 0 Å². The lowest BCUT2D eigenvalue weighted by Gasteiger charge is -2.05. The minimum Gasteiger partial charge on any atom is -0.364 e. The number of nitrogens with one attached hydrogen (secondary N) is 1. The molecule has 0 fully saturated rings. The number of primary amides is 1. The van der Waals surface area contributed by atoms with Crippen LogP contribution in [0.1, 0.15) is 33.3 Å². The van der Waals surface area contributed by atoms with E-state index in [1.54, 1.807) is 6.92 Å². The molecule has 1 heterocycles. The predicted octanol–water partition coefficient (Wildman–Crippen LogP) is 1.47. The van der Waals surface area contributed by atoms with Crippen molar-refractivity contribution in [2.45, 2.75) is 20.4 Å². The maximum Gasteiger partial charge on any atom is 0.272 e. The molecule has 0 unspecified atom stereocenters. The number of nitro benzene ring substituents is 1. The molecule has 1 aromatic heterocycles. The third-order valence-corrected chi connectivity index (χ3v) is 3.22. The maximum absolute atomic E-state index is 12.2. The number of aryl methyl sites for hydroxylation is 2. The summed E-state index contributed by atoms with van der Waals surface area (Å²) in [5, 5.41) is 17.3. The van der Waals surface area contributed by atoms with Crippen molar-refractivity contribution in [3.63, 3.8) is 0 Å². The quantitative estimate of drug-likeness (QED) is 0.636. The molecule has 0 atom stereocenters. The maximum atomic E-state index is 12.2. The van der Waals surface area contributed by atoms with Gasteiger partial charge in [-0.3, -0.25) is 24.4 Å². The van der Waals surface area contributed by atoms with Gasteiger partial charge in [0.15, 0.2) is 5.69 Å². The average Bonchev–Trinajstić information content (AvgIpc) is 2.89. The molecule has 0 saturated carbocycles. The highest BCUT2D eigenvalue weighted by atomic mass is 16.6. The highest BCUT2D eigenvalue weighted by Crippen LogP contribution is 2.20. The zero-order valence-electron chi connectivity index (χ0n) is 12.6. The number of rotatable bonds is 5. The van der Waals surface area contributed by atoms with Crippen LogP contribution in [0.4, 0.5) is 11.4 Å². The SMILES string of the molecule is CCn1cc(NC(=O)c2ccc([N+](=O)[O-])c(C)c2)c(C(N)=O)n1. The number of amides is 2. The van der Waals surface area contributed by atoms with E-state index in [1.165, 1.54) is 29.1 Å². The number of nitrogens with zero attached hydrogens (tertiary/aromatic N) is 3. The van der Waals surface area contributed by atoms with Crippen LogP contribution in [0.15, 0.2) is 24.4 Å². The zero-order valence-corrected chi connectivity index (χ0v) is 12.6. The second-order valence-electron chi connectivity index (χ2n) is 4.82. The van der Waals surface area contributed by atoms with E-state index >= 15 is 0 Å². The number of anilines is 1. The molecule has 9 heteroatoms. The van der Waals surface area contributed by atoms with Gasteiger partial charge in [-0.25, -0.2) is 0 Å². The molecule has 2 amide bonds. The number of aromatic nitrogens is 2. The van der Waals surface area contributed by atoms with E-state index in [1.807, 2.05) is 6.92 Å². The number of benzene rings is 1. The van der Waals surface area contributed by atoms with E-state index in [2.05, 4.69) is 10.4 Å². The van der Waals surface area contributed by atoms with Crippen LogP contribution in [0, 0.1) is 17.0 Å². The van der Waals surface area contributed by atoms with Crippen LogP contribution in [0.25, 0.3) is 0 Å². The van der Waals surface area contributed by atoms with Crippen molar-refractivity contribution in [3.8, 4) is 0 Å². The molecule has 2 rings (SSSR count). The van der Waals surface area contributed by atoms with Crippen molar-refractivity contribution >= 4 is 23.2 Å². The molecule has 0 radical (unpaired) electrons. The molecule has 3 N–H and O–H groups in total. The molecule has 0 saturated heterocycles. The van der Waals surface area contributed by atoms with Crippen LogP contribution in [0.2, 0.25) is 0 Å². The second-order valence-corrected chi connectivity index (χ2v) is 4.82. The molecule has 0 aliphatic carbocycles. The molecule has 0 aliphatic rings. The zero-order chi connectivity index (χ0) is 17.1. The summed E-state index contributed by atoms with van der Waals surface area (Å²) in [6.45, 7) is 3.87. The predicted molar refractivity (Wildman–Crippen MR) is 82.2 cm³/mol. The van der Waals surface area contributed by atoms with Crippen LogP contribution in [0.3, 0.4) is 0 Å². The number of hydrogen-bond donors (Lipinski definition) is 2. The lowest BCUT2D eigenvalue weighted by atomic mass is 10.1. The standard InChI is InChI=1S/C14H15N5O4/c1-3-18-7-10(12(17-18)13(15)20)16-14(21)9-4-5-11(19(22)23)8(2)6-9/h4-7H,3H2,1-2H3,(H2,15,20)(H,16,21).